The molecule has 0 aliphatic heterocycles. The van der Waals surface area contributed by atoms with Gasteiger partial charge in [0.25, 0.3) is 0 Å². The Morgan fingerprint density at radius 3 is 2.88 bits per heavy atom. The molecule has 4 nitrogen and oxygen atoms in total. The van der Waals surface area contributed by atoms with E-state index in [1.165, 1.54) is 30.5 Å². The minimum absolute atomic E-state index is 0.662. The summed E-state index contributed by atoms with van der Waals surface area (Å²) in [5.74, 6) is 1.08. The molecule has 1 heterocycles. The number of hydrogen-bond acceptors (Lipinski definition) is 4. The summed E-state index contributed by atoms with van der Waals surface area (Å²) >= 11 is 0. The van der Waals surface area contributed by atoms with Gasteiger partial charge in [-0.25, -0.2) is 9.97 Å². The maximum atomic E-state index is 5.59. The molecule has 0 saturated heterocycles. The van der Waals surface area contributed by atoms with E-state index in [0.717, 1.165) is 25.2 Å². The summed E-state index contributed by atoms with van der Waals surface area (Å²) in [4.78, 5) is 11.0. The summed E-state index contributed by atoms with van der Waals surface area (Å²) < 4.78 is 0. The molecule has 1 aliphatic carbocycles. The maximum absolute atomic E-state index is 5.59. The molecule has 1 aromatic rings. The lowest BCUT2D eigenvalue weighted by molar-refractivity contribution is 0.708. The Labute approximate surface area is 96.9 Å². The molecule has 0 radical (unpaired) electrons. The monoisotopic (exact) mass is 220 g/mol. The van der Waals surface area contributed by atoms with Crippen LogP contribution >= 0.6 is 0 Å². The van der Waals surface area contributed by atoms with E-state index in [0.29, 0.717) is 6.54 Å². The quantitative estimate of drug-likeness (QED) is 0.776. The van der Waals surface area contributed by atoms with Crippen molar-refractivity contribution in [3.05, 3.63) is 17.6 Å². The highest BCUT2D eigenvalue weighted by Gasteiger charge is 2.16. The molecule has 1 aliphatic rings. The van der Waals surface area contributed by atoms with Crippen LogP contribution in [0.1, 0.15) is 30.5 Å². The van der Waals surface area contributed by atoms with Crippen molar-refractivity contribution in [2.75, 3.05) is 25.0 Å². The largest absolute Gasteiger partial charge is 0.358 e. The van der Waals surface area contributed by atoms with Crippen molar-refractivity contribution in [1.29, 1.82) is 0 Å². The van der Waals surface area contributed by atoms with Crippen LogP contribution in [0, 0.1) is 0 Å². The number of fused-ring (bicyclic) bond motifs is 1. The maximum Gasteiger partial charge on any atom is 0.135 e. The number of nitrogens with zero attached hydrogens (tertiary/aromatic N) is 3. The van der Waals surface area contributed by atoms with E-state index in [-0.39, 0.29) is 0 Å². The summed E-state index contributed by atoms with van der Waals surface area (Å²) in [6, 6.07) is 0. The molecule has 0 saturated carbocycles. The molecule has 0 amide bonds. The van der Waals surface area contributed by atoms with Crippen LogP contribution in [0.2, 0.25) is 0 Å². The van der Waals surface area contributed by atoms with Gasteiger partial charge in [0.05, 0.1) is 0 Å². The van der Waals surface area contributed by atoms with Crippen LogP contribution in [0.15, 0.2) is 6.33 Å². The molecule has 88 valence electrons. The van der Waals surface area contributed by atoms with Crippen molar-refractivity contribution in [2.24, 2.45) is 5.73 Å². The second kappa shape index (κ2) is 5.25. The van der Waals surface area contributed by atoms with Gasteiger partial charge in [0.15, 0.2) is 0 Å². The topological polar surface area (TPSA) is 55.0 Å². The summed E-state index contributed by atoms with van der Waals surface area (Å²) in [7, 11) is 2.06. The zero-order chi connectivity index (χ0) is 11.4. The van der Waals surface area contributed by atoms with Crippen molar-refractivity contribution in [3.63, 3.8) is 0 Å². The van der Waals surface area contributed by atoms with Crippen LogP contribution in [-0.4, -0.2) is 30.1 Å². The lowest BCUT2D eigenvalue weighted by Crippen LogP contribution is -2.27. The zero-order valence-corrected chi connectivity index (χ0v) is 9.95. The molecule has 2 N–H and O–H groups in total. The van der Waals surface area contributed by atoms with Gasteiger partial charge in [0.1, 0.15) is 12.1 Å². The van der Waals surface area contributed by atoms with Gasteiger partial charge in [-0.1, -0.05) is 6.42 Å². The van der Waals surface area contributed by atoms with Crippen LogP contribution in [0.4, 0.5) is 5.82 Å². The summed E-state index contributed by atoms with van der Waals surface area (Å²) in [5.41, 5.74) is 8.17. The molecule has 0 fully saturated rings. The lowest BCUT2D eigenvalue weighted by atomic mass is 10.1. The fourth-order valence-electron chi connectivity index (χ4n) is 2.31. The number of aromatic nitrogens is 2. The molecular formula is C12H20N4. The molecule has 1 aromatic heterocycles. The Bertz CT molecular complexity index is 351. The minimum atomic E-state index is 0.662. The van der Waals surface area contributed by atoms with Crippen molar-refractivity contribution in [1.82, 2.24) is 9.97 Å². The van der Waals surface area contributed by atoms with E-state index >= 15 is 0 Å². The molecule has 16 heavy (non-hydrogen) atoms. The molecule has 0 spiro atoms. The molecule has 0 unspecified atom stereocenters. The first-order valence-corrected chi connectivity index (χ1v) is 6.07. The van der Waals surface area contributed by atoms with Crippen LogP contribution in [0.25, 0.3) is 0 Å². The Kier molecular flexibility index (Phi) is 3.72. The van der Waals surface area contributed by atoms with Gasteiger partial charge in [-0.05, 0) is 25.7 Å². The van der Waals surface area contributed by atoms with Gasteiger partial charge >= 0.3 is 0 Å². The fraction of sp³-hybridized carbons (Fsp3) is 0.667. The van der Waals surface area contributed by atoms with E-state index in [2.05, 4.69) is 21.9 Å². The molecule has 2 rings (SSSR count). The van der Waals surface area contributed by atoms with E-state index in [1.54, 1.807) is 6.33 Å². The Balaban J connectivity index is 2.30. The normalized spacial score (nSPS) is 15.4. The van der Waals surface area contributed by atoms with E-state index < -0.39 is 0 Å². The molecular weight excluding hydrogens is 200 g/mol. The van der Waals surface area contributed by atoms with Crippen LogP contribution in [-0.2, 0) is 12.8 Å². The fourth-order valence-corrected chi connectivity index (χ4v) is 2.31. The average Bonchev–Trinajstić information content (AvgIpc) is 2.53. The molecule has 0 bridgehead atoms. The van der Waals surface area contributed by atoms with E-state index in [1.807, 2.05) is 0 Å². The highest BCUT2D eigenvalue weighted by molar-refractivity contribution is 5.48. The zero-order valence-electron chi connectivity index (χ0n) is 9.95. The van der Waals surface area contributed by atoms with Crippen molar-refractivity contribution in [3.8, 4) is 0 Å². The standard InChI is InChI=1S/C12H20N4/c1-16(8-7-13)12-10-5-3-2-4-6-11(10)14-9-15-12/h9H,2-8,13H2,1H3. The predicted molar refractivity (Wildman–Crippen MR) is 65.6 cm³/mol. The van der Waals surface area contributed by atoms with Gasteiger partial charge < -0.3 is 10.6 Å². The van der Waals surface area contributed by atoms with E-state index in [9.17, 15) is 0 Å². The number of aryl methyl sites for hydroxylation is 1. The van der Waals surface area contributed by atoms with Crippen LogP contribution in [0.5, 0.6) is 0 Å². The SMILES string of the molecule is CN(CCN)c1ncnc2c1CCCCC2. The third-order valence-corrected chi connectivity index (χ3v) is 3.18. The van der Waals surface area contributed by atoms with Gasteiger partial charge in [0.2, 0.25) is 0 Å². The Morgan fingerprint density at radius 1 is 1.25 bits per heavy atom. The number of hydrogen-bond donors (Lipinski definition) is 1. The number of likely N-dealkylation sites (N-methyl/N-ethyl adjacent to an activating group) is 1. The minimum Gasteiger partial charge on any atom is -0.358 e. The summed E-state index contributed by atoms with van der Waals surface area (Å²) in [6.07, 6.45) is 7.71. The van der Waals surface area contributed by atoms with Gasteiger partial charge in [-0.3, -0.25) is 0 Å². The first-order chi connectivity index (χ1) is 7.83. The highest BCUT2D eigenvalue weighted by Crippen LogP contribution is 2.25. The van der Waals surface area contributed by atoms with Gasteiger partial charge in [-0.2, -0.15) is 0 Å². The molecule has 4 heteroatoms. The number of rotatable bonds is 3. The molecule has 0 atom stereocenters. The van der Waals surface area contributed by atoms with Crippen LogP contribution in [0.3, 0.4) is 0 Å². The first-order valence-electron chi connectivity index (χ1n) is 6.07. The van der Waals surface area contributed by atoms with Crippen molar-refractivity contribution < 1.29 is 0 Å². The van der Waals surface area contributed by atoms with Crippen LogP contribution < -0.4 is 10.6 Å². The smallest absolute Gasteiger partial charge is 0.135 e. The number of nitrogens with two attached hydrogens (primary N) is 1. The molecule has 0 aromatic carbocycles. The predicted octanol–water partition coefficient (Wildman–Crippen LogP) is 1.14. The summed E-state index contributed by atoms with van der Waals surface area (Å²) in [5, 5.41) is 0. The first kappa shape index (κ1) is 11.3. The second-order valence-electron chi connectivity index (χ2n) is 4.39. The second-order valence-corrected chi connectivity index (χ2v) is 4.39. The third kappa shape index (κ3) is 2.32. The third-order valence-electron chi connectivity index (χ3n) is 3.18. The lowest BCUT2D eigenvalue weighted by Gasteiger charge is -2.21. The Morgan fingerprint density at radius 2 is 2.06 bits per heavy atom. The number of anilines is 1. The van der Waals surface area contributed by atoms with Gasteiger partial charge in [-0.15, -0.1) is 0 Å². The van der Waals surface area contributed by atoms with Crippen molar-refractivity contribution >= 4 is 5.82 Å². The Hall–Kier alpha value is -1.16. The van der Waals surface area contributed by atoms with E-state index in [4.69, 9.17) is 5.73 Å². The average molecular weight is 220 g/mol. The van der Waals surface area contributed by atoms with Gasteiger partial charge in [0, 0.05) is 31.4 Å². The highest BCUT2D eigenvalue weighted by atomic mass is 15.2. The van der Waals surface area contributed by atoms with Crippen molar-refractivity contribution in [2.45, 2.75) is 32.1 Å². The summed E-state index contributed by atoms with van der Waals surface area (Å²) in [6.45, 7) is 1.51.